The van der Waals surface area contributed by atoms with Gasteiger partial charge < -0.3 is 0 Å². The minimum Gasteiger partial charge on any atom is -0.283 e. The summed E-state index contributed by atoms with van der Waals surface area (Å²) in [5, 5.41) is 9.97. The highest BCUT2D eigenvalue weighted by atomic mass is 16.2. The summed E-state index contributed by atoms with van der Waals surface area (Å²) in [7, 11) is 0. The van der Waals surface area contributed by atoms with Gasteiger partial charge in [-0.25, -0.2) is 5.01 Å². The number of H-pyrrole nitrogens is 1. The standard InChI is InChI=1S/C15H20N4O/c1-10-6-5-7-11(2)19(10)18-15(20)14-12-8-3-4-9-13(12)16-17-14/h3-4,8-11H,5-7H2,1-2H3,(H,16,17)(H,18,20). The van der Waals surface area contributed by atoms with Crippen molar-refractivity contribution in [1.29, 1.82) is 0 Å². The number of rotatable bonds is 2. The molecule has 2 N–H and O–H groups in total. The van der Waals surface area contributed by atoms with Crippen LogP contribution in [0.1, 0.15) is 43.6 Å². The smallest absolute Gasteiger partial charge is 0.283 e. The summed E-state index contributed by atoms with van der Waals surface area (Å²) in [5.74, 6) is -0.136. The van der Waals surface area contributed by atoms with E-state index in [0.717, 1.165) is 23.7 Å². The van der Waals surface area contributed by atoms with Crippen molar-refractivity contribution in [2.24, 2.45) is 0 Å². The predicted molar refractivity (Wildman–Crippen MR) is 78.2 cm³/mol. The molecule has 5 nitrogen and oxygen atoms in total. The third-order valence-corrected chi connectivity index (χ3v) is 4.11. The number of aromatic amines is 1. The van der Waals surface area contributed by atoms with Crippen LogP contribution in [0.4, 0.5) is 0 Å². The first kappa shape index (κ1) is 13.1. The van der Waals surface area contributed by atoms with E-state index in [0.29, 0.717) is 17.8 Å². The zero-order chi connectivity index (χ0) is 14.1. The Kier molecular flexibility index (Phi) is 3.44. The molecule has 1 amide bonds. The number of hydrogen-bond acceptors (Lipinski definition) is 3. The fourth-order valence-corrected chi connectivity index (χ4v) is 2.95. The number of nitrogens with zero attached hydrogens (tertiary/aromatic N) is 2. The molecule has 1 fully saturated rings. The van der Waals surface area contributed by atoms with Gasteiger partial charge in [-0.1, -0.05) is 24.6 Å². The Morgan fingerprint density at radius 3 is 2.75 bits per heavy atom. The van der Waals surface area contributed by atoms with Crippen LogP contribution in [0.5, 0.6) is 0 Å². The van der Waals surface area contributed by atoms with Crippen LogP contribution < -0.4 is 5.43 Å². The van der Waals surface area contributed by atoms with E-state index in [4.69, 9.17) is 0 Å². The maximum atomic E-state index is 12.4. The van der Waals surface area contributed by atoms with Crippen molar-refractivity contribution in [3.63, 3.8) is 0 Å². The van der Waals surface area contributed by atoms with Gasteiger partial charge in [0, 0.05) is 17.5 Å². The van der Waals surface area contributed by atoms with E-state index in [9.17, 15) is 4.79 Å². The van der Waals surface area contributed by atoms with Crippen LogP contribution in [0, 0.1) is 0 Å². The second-order valence-corrected chi connectivity index (χ2v) is 5.59. The van der Waals surface area contributed by atoms with Crippen LogP contribution in [0.15, 0.2) is 24.3 Å². The summed E-state index contributed by atoms with van der Waals surface area (Å²) in [6.45, 7) is 4.30. The zero-order valence-corrected chi connectivity index (χ0v) is 11.9. The molecule has 0 bridgehead atoms. The van der Waals surface area contributed by atoms with E-state index in [2.05, 4.69) is 34.5 Å². The lowest BCUT2D eigenvalue weighted by Crippen LogP contribution is -2.54. The van der Waals surface area contributed by atoms with E-state index in [1.807, 2.05) is 24.3 Å². The molecule has 3 rings (SSSR count). The van der Waals surface area contributed by atoms with E-state index >= 15 is 0 Å². The molecule has 1 aromatic carbocycles. The highest BCUT2D eigenvalue weighted by molar-refractivity contribution is 6.04. The summed E-state index contributed by atoms with van der Waals surface area (Å²) < 4.78 is 0. The number of aromatic nitrogens is 2. The first-order chi connectivity index (χ1) is 9.66. The molecule has 20 heavy (non-hydrogen) atoms. The Bertz CT molecular complexity index is 611. The number of fused-ring (bicyclic) bond motifs is 1. The number of carbonyl (C=O) groups is 1. The van der Waals surface area contributed by atoms with Gasteiger partial charge in [-0.05, 0) is 32.8 Å². The first-order valence-corrected chi connectivity index (χ1v) is 7.19. The zero-order valence-electron chi connectivity index (χ0n) is 11.9. The molecule has 1 aliphatic heterocycles. The van der Waals surface area contributed by atoms with Gasteiger partial charge in [0.05, 0.1) is 5.52 Å². The van der Waals surface area contributed by atoms with Gasteiger partial charge in [0.1, 0.15) is 0 Å². The van der Waals surface area contributed by atoms with Crippen LogP contribution in [0.3, 0.4) is 0 Å². The molecule has 106 valence electrons. The summed E-state index contributed by atoms with van der Waals surface area (Å²) >= 11 is 0. The van der Waals surface area contributed by atoms with Gasteiger partial charge in [-0.15, -0.1) is 0 Å². The third kappa shape index (κ3) is 2.29. The maximum Gasteiger partial charge on any atom is 0.286 e. The third-order valence-electron chi connectivity index (χ3n) is 4.11. The highest BCUT2D eigenvalue weighted by Crippen LogP contribution is 2.21. The van der Waals surface area contributed by atoms with Crippen molar-refractivity contribution >= 4 is 16.8 Å². The molecule has 2 heterocycles. The van der Waals surface area contributed by atoms with Crippen LogP contribution in [0.2, 0.25) is 0 Å². The number of para-hydroxylation sites is 1. The van der Waals surface area contributed by atoms with E-state index in [1.165, 1.54) is 6.42 Å². The van der Waals surface area contributed by atoms with Crippen molar-refractivity contribution in [2.75, 3.05) is 0 Å². The highest BCUT2D eigenvalue weighted by Gasteiger charge is 2.27. The molecule has 1 aromatic heterocycles. The number of nitrogens with one attached hydrogen (secondary N) is 2. The summed E-state index contributed by atoms with van der Waals surface area (Å²) in [4.78, 5) is 12.4. The topological polar surface area (TPSA) is 61.0 Å². The van der Waals surface area contributed by atoms with Crippen LogP contribution >= 0.6 is 0 Å². The molecule has 1 saturated heterocycles. The number of carbonyl (C=O) groups excluding carboxylic acids is 1. The number of piperidine rings is 1. The molecule has 1 aliphatic rings. The molecule has 0 saturated carbocycles. The van der Waals surface area contributed by atoms with Gasteiger partial charge in [0.15, 0.2) is 5.69 Å². The number of hydrazine groups is 1. The number of benzene rings is 1. The van der Waals surface area contributed by atoms with Gasteiger partial charge >= 0.3 is 0 Å². The Balaban J connectivity index is 1.82. The van der Waals surface area contributed by atoms with Gasteiger partial charge in [0.25, 0.3) is 5.91 Å². The van der Waals surface area contributed by atoms with Gasteiger partial charge in [-0.2, -0.15) is 5.10 Å². The molecule has 2 unspecified atom stereocenters. The molecule has 2 atom stereocenters. The minimum absolute atomic E-state index is 0.136. The lowest BCUT2D eigenvalue weighted by atomic mass is 10.00. The fourth-order valence-electron chi connectivity index (χ4n) is 2.95. The van der Waals surface area contributed by atoms with Crippen molar-refractivity contribution < 1.29 is 4.79 Å². The van der Waals surface area contributed by atoms with Gasteiger partial charge in [-0.3, -0.25) is 15.3 Å². The monoisotopic (exact) mass is 272 g/mol. The SMILES string of the molecule is CC1CCCC(C)N1NC(=O)c1n[nH]c2ccccc12. The molecular weight excluding hydrogens is 252 g/mol. The normalized spacial score (nSPS) is 23.9. The van der Waals surface area contributed by atoms with E-state index in [1.54, 1.807) is 0 Å². The molecule has 2 aromatic rings. The number of hydrogen-bond donors (Lipinski definition) is 2. The Hall–Kier alpha value is -1.88. The van der Waals surface area contributed by atoms with Crippen molar-refractivity contribution in [3.8, 4) is 0 Å². The van der Waals surface area contributed by atoms with Crippen LogP contribution in [-0.4, -0.2) is 33.2 Å². The summed E-state index contributed by atoms with van der Waals surface area (Å²) in [6, 6.07) is 8.42. The summed E-state index contributed by atoms with van der Waals surface area (Å²) in [5.41, 5.74) is 4.37. The van der Waals surface area contributed by atoms with E-state index in [-0.39, 0.29) is 5.91 Å². The molecule has 5 heteroatoms. The fraction of sp³-hybridized carbons (Fsp3) is 0.467. The first-order valence-electron chi connectivity index (χ1n) is 7.19. The van der Waals surface area contributed by atoms with Crippen molar-refractivity contribution in [3.05, 3.63) is 30.0 Å². The van der Waals surface area contributed by atoms with Crippen molar-refractivity contribution in [1.82, 2.24) is 20.6 Å². The minimum atomic E-state index is -0.136. The quantitative estimate of drug-likeness (QED) is 0.883. The lowest BCUT2D eigenvalue weighted by Gasteiger charge is -2.38. The predicted octanol–water partition coefficient (Wildman–Crippen LogP) is 2.47. The molecule has 0 radical (unpaired) electrons. The van der Waals surface area contributed by atoms with E-state index < -0.39 is 0 Å². The number of amides is 1. The van der Waals surface area contributed by atoms with Gasteiger partial charge in [0.2, 0.25) is 0 Å². The van der Waals surface area contributed by atoms with Crippen LogP contribution in [-0.2, 0) is 0 Å². The van der Waals surface area contributed by atoms with Crippen molar-refractivity contribution in [2.45, 2.75) is 45.2 Å². The second kappa shape index (κ2) is 5.25. The maximum absolute atomic E-state index is 12.4. The second-order valence-electron chi connectivity index (χ2n) is 5.59. The van der Waals surface area contributed by atoms with Crippen LogP contribution in [0.25, 0.3) is 10.9 Å². The largest absolute Gasteiger partial charge is 0.286 e. The average molecular weight is 272 g/mol. The Morgan fingerprint density at radius 2 is 2.00 bits per heavy atom. The molecule has 0 spiro atoms. The average Bonchev–Trinajstić information content (AvgIpc) is 2.87. The lowest BCUT2D eigenvalue weighted by molar-refractivity contribution is 0.0367. The molecule has 0 aliphatic carbocycles. The molecular formula is C15H20N4O. The Labute approximate surface area is 118 Å². The Morgan fingerprint density at radius 1 is 1.30 bits per heavy atom. The summed E-state index contributed by atoms with van der Waals surface area (Å²) in [6.07, 6.45) is 3.46.